The molecule has 0 spiro atoms. The molecule has 3 aromatic carbocycles. The molecule has 4 unspecified atom stereocenters. The van der Waals surface area contributed by atoms with Crippen LogP contribution in [0.5, 0.6) is 5.75 Å². The number of rotatable bonds is 13. The molecule has 0 saturated carbocycles. The van der Waals surface area contributed by atoms with Crippen molar-refractivity contribution >= 4 is 34.6 Å². The maximum atomic E-state index is 13.4. The Kier molecular flexibility index (Phi) is 10.1. The maximum Gasteiger partial charge on any atom is 0.326 e. The minimum Gasteiger partial charge on any atom is -0.508 e. The molecule has 0 radical (unpaired) electrons. The van der Waals surface area contributed by atoms with Gasteiger partial charge in [0.2, 0.25) is 17.7 Å². The van der Waals surface area contributed by atoms with Crippen LogP contribution in [0.1, 0.15) is 23.6 Å². The summed E-state index contributed by atoms with van der Waals surface area (Å²) in [6, 6.07) is 18.3. The van der Waals surface area contributed by atoms with Crippen molar-refractivity contribution in [2.75, 3.05) is 0 Å². The molecule has 3 amide bonds. The van der Waals surface area contributed by atoms with Gasteiger partial charge in [-0.3, -0.25) is 14.4 Å². The number of carboxylic acids is 1. The van der Waals surface area contributed by atoms with Crippen molar-refractivity contribution in [3.8, 4) is 5.75 Å². The Morgan fingerprint density at radius 3 is 2.05 bits per heavy atom. The van der Waals surface area contributed by atoms with Crippen LogP contribution < -0.4 is 21.7 Å². The molecule has 224 valence electrons. The normalized spacial score (nSPS) is 13.8. The van der Waals surface area contributed by atoms with Gasteiger partial charge in [-0.2, -0.15) is 0 Å². The molecule has 4 aromatic rings. The topological polar surface area (TPSA) is 187 Å². The summed E-state index contributed by atoms with van der Waals surface area (Å²) in [4.78, 5) is 54.4. The maximum absolute atomic E-state index is 13.4. The number of aromatic amines is 1. The van der Waals surface area contributed by atoms with Gasteiger partial charge in [0.15, 0.2) is 0 Å². The monoisotopic (exact) mass is 585 g/mol. The number of phenolic OH excluding ortho intramolecular Hbond substituents is 1. The Labute approximate surface area is 248 Å². The average molecular weight is 586 g/mol. The van der Waals surface area contributed by atoms with E-state index in [0.29, 0.717) is 5.56 Å². The molecule has 0 aliphatic heterocycles. The fourth-order valence-corrected chi connectivity index (χ4v) is 4.71. The first-order valence-corrected chi connectivity index (χ1v) is 13.9. The highest BCUT2D eigenvalue weighted by Crippen LogP contribution is 2.19. The van der Waals surface area contributed by atoms with Crippen molar-refractivity contribution in [2.24, 2.45) is 5.73 Å². The number of para-hydroxylation sites is 1. The van der Waals surface area contributed by atoms with Crippen molar-refractivity contribution in [1.82, 2.24) is 20.9 Å². The predicted octanol–water partition coefficient (Wildman–Crippen LogP) is 1.79. The third-order valence-electron chi connectivity index (χ3n) is 7.11. The number of carbonyl (C=O) groups is 4. The molecule has 4 atom stereocenters. The number of aliphatic carboxylic acids is 1. The molecular formula is C32H35N5O6. The number of H-pyrrole nitrogens is 1. The average Bonchev–Trinajstić information content (AvgIpc) is 3.40. The highest BCUT2D eigenvalue weighted by Gasteiger charge is 2.29. The lowest BCUT2D eigenvalue weighted by atomic mass is 10.0. The lowest BCUT2D eigenvalue weighted by Gasteiger charge is -2.24. The smallest absolute Gasteiger partial charge is 0.326 e. The Morgan fingerprint density at radius 2 is 1.35 bits per heavy atom. The summed E-state index contributed by atoms with van der Waals surface area (Å²) in [5.74, 6) is -3.07. The summed E-state index contributed by atoms with van der Waals surface area (Å²) in [6.07, 6.45) is 2.13. The number of amides is 3. The number of fused-ring (bicyclic) bond motifs is 1. The summed E-state index contributed by atoms with van der Waals surface area (Å²) < 4.78 is 0. The first kappa shape index (κ1) is 30.8. The van der Waals surface area contributed by atoms with Gasteiger partial charge in [0.25, 0.3) is 0 Å². The molecule has 0 aliphatic carbocycles. The molecule has 0 fully saturated rings. The highest BCUT2D eigenvalue weighted by molar-refractivity contribution is 5.94. The van der Waals surface area contributed by atoms with Crippen LogP contribution in [0.25, 0.3) is 10.9 Å². The van der Waals surface area contributed by atoms with Crippen LogP contribution in [0.4, 0.5) is 0 Å². The van der Waals surface area contributed by atoms with Gasteiger partial charge in [0.1, 0.15) is 23.9 Å². The minimum absolute atomic E-state index is 0.0447. The van der Waals surface area contributed by atoms with E-state index in [9.17, 15) is 29.4 Å². The molecule has 0 saturated heterocycles. The van der Waals surface area contributed by atoms with Gasteiger partial charge in [-0.25, -0.2) is 4.79 Å². The second kappa shape index (κ2) is 14.1. The van der Waals surface area contributed by atoms with Crippen molar-refractivity contribution < 1.29 is 29.4 Å². The highest BCUT2D eigenvalue weighted by atomic mass is 16.4. The molecule has 0 bridgehead atoms. The van der Waals surface area contributed by atoms with E-state index in [1.807, 2.05) is 24.3 Å². The van der Waals surface area contributed by atoms with E-state index in [-0.39, 0.29) is 25.0 Å². The summed E-state index contributed by atoms with van der Waals surface area (Å²) in [6.45, 7) is 1.43. The lowest BCUT2D eigenvalue weighted by Crippen LogP contribution is -2.57. The first-order chi connectivity index (χ1) is 20.6. The Balaban J connectivity index is 1.43. The van der Waals surface area contributed by atoms with E-state index in [2.05, 4.69) is 20.9 Å². The Hall–Kier alpha value is -5.16. The van der Waals surface area contributed by atoms with E-state index in [4.69, 9.17) is 5.73 Å². The van der Waals surface area contributed by atoms with Crippen molar-refractivity contribution in [3.05, 3.63) is 102 Å². The van der Waals surface area contributed by atoms with Gasteiger partial charge in [0.05, 0.1) is 6.04 Å². The second-order valence-electron chi connectivity index (χ2n) is 10.4. The molecule has 11 heteroatoms. The summed E-state index contributed by atoms with van der Waals surface area (Å²) in [5, 5.41) is 28.0. The number of carboxylic acid groups (broad SMARTS) is 1. The number of hydrogen-bond donors (Lipinski definition) is 7. The van der Waals surface area contributed by atoms with E-state index in [1.54, 1.807) is 48.7 Å². The van der Waals surface area contributed by atoms with Gasteiger partial charge in [-0.15, -0.1) is 0 Å². The number of benzene rings is 3. The largest absolute Gasteiger partial charge is 0.508 e. The summed E-state index contributed by atoms with van der Waals surface area (Å²) in [7, 11) is 0. The third-order valence-corrected chi connectivity index (χ3v) is 7.11. The SMILES string of the molecule is CC(NC(=O)C(Cc1ccc(O)cc1)NC(=O)C(N)Cc1c[nH]c2ccccc12)C(=O)NC(Cc1ccccc1)C(=O)O. The van der Waals surface area contributed by atoms with E-state index in [1.165, 1.54) is 19.1 Å². The van der Waals surface area contributed by atoms with Gasteiger partial charge in [-0.05, 0) is 48.2 Å². The molecule has 1 aromatic heterocycles. The lowest BCUT2D eigenvalue weighted by molar-refractivity contribution is -0.142. The van der Waals surface area contributed by atoms with Crippen LogP contribution in [0.3, 0.4) is 0 Å². The van der Waals surface area contributed by atoms with Crippen LogP contribution >= 0.6 is 0 Å². The fourth-order valence-electron chi connectivity index (χ4n) is 4.71. The molecule has 4 rings (SSSR count). The van der Waals surface area contributed by atoms with E-state index < -0.39 is 47.9 Å². The zero-order valence-corrected chi connectivity index (χ0v) is 23.6. The standard InChI is InChI=1S/C32H35N5O6/c1-19(29(39)37-28(32(42)43)16-20-7-3-2-4-8-20)35-31(41)27(15-21-11-13-23(38)14-12-21)36-30(40)25(33)17-22-18-34-26-10-6-5-9-24(22)26/h2-14,18-19,25,27-28,34,38H,15-17,33H2,1H3,(H,35,41)(H,36,40)(H,37,39)(H,42,43). The zero-order chi connectivity index (χ0) is 30.9. The van der Waals surface area contributed by atoms with E-state index in [0.717, 1.165) is 22.0 Å². The molecular weight excluding hydrogens is 550 g/mol. The molecule has 1 heterocycles. The first-order valence-electron chi connectivity index (χ1n) is 13.9. The number of nitrogens with two attached hydrogens (primary N) is 1. The van der Waals surface area contributed by atoms with Gasteiger partial charge < -0.3 is 36.9 Å². The Bertz CT molecular complexity index is 1570. The van der Waals surface area contributed by atoms with Crippen LogP contribution in [-0.2, 0) is 38.4 Å². The van der Waals surface area contributed by atoms with Gasteiger partial charge in [-0.1, -0.05) is 60.7 Å². The van der Waals surface area contributed by atoms with Crippen LogP contribution in [0.15, 0.2) is 85.1 Å². The minimum atomic E-state index is -1.21. The summed E-state index contributed by atoms with van der Waals surface area (Å²) >= 11 is 0. The molecule has 43 heavy (non-hydrogen) atoms. The molecule has 0 aliphatic rings. The van der Waals surface area contributed by atoms with Gasteiger partial charge >= 0.3 is 5.97 Å². The van der Waals surface area contributed by atoms with Crippen LogP contribution in [0, 0.1) is 0 Å². The zero-order valence-electron chi connectivity index (χ0n) is 23.6. The van der Waals surface area contributed by atoms with E-state index >= 15 is 0 Å². The number of nitrogens with one attached hydrogen (secondary N) is 4. The number of carbonyl (C=O) groups excluding carboxylic acids is 3. The number of aromatic hydroxyl groups is 1. The van der Waals surface area contributed by atoms with Crippen molar-refractivity contribution in [3.63, 3.8) is 0 Å². The second-order valence-corrected chi connectivity index (χ2v) is 10.4. The molecule has 8 N–H and O–H groups in total. The van der Waals surface area contributed by atoms with Crippen molar-refractivity contribution in [1.29, 1.82) is 0 Å². The van der Waals surface area contributed by atoms with Crippen molar-refractivity contribution in [2.45, 2.75) is 50.4 Å². The fraction of sp³-hybridized carbons (Fsp3) is 0.250. The number of hydrogen-bond acceptors (Lipinski definition) is 6. The predicted molar refractivity (Wildman–Crippen MR) is 161 cm³/mol. The quantitative estimate of drug-likeness (QED) is 0.125. The van der Waals surface area contributed by atoms with Crippen LogP contribution in [-0.4, -0.2) is 63.1 Å². The third kappa shape index (κ3) is 8.43. The number of aromatic nitrogens is 1. The van der Waals surface area contributed by atoms with Gasteiger partial charge in [0, 0.05) is 29.9 Å². The molecule has 11 nitrogen and oxygen atoms in total. The number of phenols is 1. The summed E-state index contributed by atoms with van der Waals surface area (Å²) in [5.41, 5.74) is 9.39. The van der Waals surface area contributed by atoms with Crippen LogP contribution in [0.2, 0.25) is 0 Å². The Morgan fingerprint density at radius 1 is 0.744 bits per heavy atom.